The summed E-state index contributed by atoms with van der Waals surface area (Å²) in [6, 6.07) is 17.8. The minimum atomic E-state index is -0.0713. The standard InChI is InChI=1S/C21H28N4OS.HI/c1-4-22-21(25(2)16-17-10-12-19(27-3)13-11-17)24-15-14-23-20(26)18-8-6-5-7-9-18;/h5-13H,4,14-16H2,1-3H3,(H,22,24)(H,23,26);1H. The normalized spacial score (nSPS) is 10.8. The van der Waals surface area contributed by atoms with E-state index in [1.54, 1.807) is 23.9 Å². The Labute approximate surface area is 189 Å². The van der Waals surface area contributed by atoms with E-state index in [4.69, 9.17) is 0 Å². The Morgan fingerprint density at radius 1 is 1.07 bits per heavy atom. The third-order valence-corrected chi connectivity index (χ3v) is 4.71. The average molecular weight is 512 g/mol. The summed E-state index contributed by atoms with van der Waals surface area (Å²) in [7, 11) is 2.02. The molecular formula is C21H29IN4OS. The number of amides is 1. The minimum absolute atomic E-state index is 0. The summed E-state index contributed by atoms with van der Waals surface area (Å²) in [5.41, 5.74) is 1.90. The van der Waals surface area contributed by atoms with Crippen molar-refractivity contribution >= 4 is 47.6 Å². The van der Waals surface area contributed by atoms with Crippen LogP contribution in [0.15, 0.2) is 64.5 Å². The van der Waals surface area contributed by atoms with Gasteiger partial charge in [0.1, 0.15) is 0 Å². The maximum absolute atomic E-state index is 12.1. The van der Waals surface area contributed by atoms with Gasteiger partial charge in [-0.25, -0.2) is 0 Å². The third-order valence-electron chi connectivity index (χ3n) is 3.97. The van der Waals surface area contributed by atoms with Crippen LogP contribution >= 0.6 is 35.7 Å². The van der Waals surface area contributed by atoms with Gasteiger partial charge in [0, 0.05) is 37.1 Å². The molecule has 2 rings (SSSR count). The lowest BCUT2D eigenvalue weighted by molar-refractivity contribution is 0.0955. The lowest BCUT2D eigenvalue weighted by atomic mass is 10.2. The molecule has 0 aliphatic carbocycles. The number of hydrogen-bond donors (Lipinski definition) is 2. The number of aliphatic imine (C=N–C) groups is 1. The van der Waals surface area contributed by atoms with E-state index in [2.05, 4.69) is 51.0 Å². The van der Waals surface area contributed by atoms with Gasteiger partial charge in [0.2, 0.25) is 0 Å². The van der Waals surface area contributed by atoms with Crippen LogP contribution in [-0.2, 0) is 6.54 Å². The van der Waals surface area contributed by atoms with Gasteiger partial charge in [-0.3, -0.25) is 9.79 Å². The molecule has 7 heteroatoms. The van der Waals surface area contributed by atoms with E-state index in [9.17, 15) is 4.79 Å². The van der Waals surface area contributed by atoms with E-state index >= 15 is 0 Å². The minimum Gasteiger partial charge on any atom is -0.357 e. The number of carbonyl (C=O) groups is 1. The van der Waals surface area contributed by atoms with E-state index in [-0.39, 0.29) is 29.9 Å². The molecule has 2 N–H and O–H groups in total. The van der Waals surface area contributed by atoms with Gasteiger partial charge in [0.05, 0.1) is 6.54 Å². The molecule has 5 nitrogen and oxygen atoms in total. The molecule has 0 bridgehead atoms. The average Bonchev–Trinajstić information content (AvgIpc) is 2.71. The molecule has 28 heavy (non-hydrogen) atoms. The van der Waals surface area contributed by atoms with Crippen molar-refractivity contribution in [2.75, 3.05) is 32.9 Å². The second-order valence-electron chi connectivity index (χ2n) is 6.06. The SMILES string of the molecule is CCNC(=NCCNC(=O)c1ccccc1)N(C)Cc1ccc(SC)cc1.I. The molecule has 0 radical (unpaired) electrons. The summed E-state index contributed by atoms with van der Waals surface area (Å²) in [6.45, 7) is 4.64. The van der Waals surface area contributed by atoms with E-state index in [1.807, 2.05) is 32.2 Å². The van der Waals surface area contributed by atoms with Crippen molar-refractivity contribution in [1.29, 1.82) is 0 Å². The van der Waals surface area contributed by atoms with Crippen molar-refractivity contribution in [2.24, 2.45) is 4.99 Å². The lowest BCUT2D eigenvalue weighted by Gasteiger charge is -2.22. The predicted molar refractivity (Wildman–Crippen MR) is 130 cm³/mol. The van der Waals surface area contributed by atoms with Crippen molar-refractivity contribution < 1.29 is 4.79 Å². The Kier molecular flexibility index (Phi) is 11.7. The molecule has 0 saturated heterocycles. The number of nitrogens with zero attached hydrogens (tertiary/aromatic N) is 2. The number of rotatable bonds is 8. The molecule has 0 aliphatic heterocycles. The first-order chi connectivity index (χ1) is 13.1. The van der Waals surface area contributed by atoms with Crippen LogP contribution in [0.1, 0.15) is 22.8 Å². The maximum Gasteiger partial charge on any atom is 0.251 e. The highest BCUT2D eigenvalue weighted by atomic mass is 127. The monoisotopic (exact) mass is 512 g/mol. The Bertz CT molecular complexity index is 738. The van der Waals surface area contributed by atoms with Gasteiger partial charge in [-0.05, 0) is 43.0 Å². The number of halogens is 1. The summed E-state index contributed by atoms with van der Waals surface area (Å²) in [5, 5.41) is 6.21. The zero-order chi connectivity index (χ0) is 19.5. The molecule has 2 aromatic carbocycles. The molecule has 0 saturated carbocycles. The Hall–Kier alpha value is -1.74. The van der Waals surface area contributed by atoms with Crippen LogP contribution < -0.4 is 10.6 Å². The fraction of sp³-hybridized carbons (Fsp3) is 0.333. The van der Waals surface area contributed by atoms with Crippen molar-refractivity contribution in [3.05, 3.63) is 65.7 Å². The molecule has 0 aromatic heterocycles. The van der Waals surface area contributed by atoms with Gasteiger partial charge in [-0.15, -0.1) is 35.7 Å². The Balaban J connectivity index is 0.00000392. The number of guanidine groups is 1. The van der Waals surface area contributed by atoms with Crippen molar-refractivity contribution in [3.63, 3.8) is 0 Å². The van der Waals surface area contributed by atoms with Crippen LogP contribution in [0.3, 0.4) is 0 Å². The molecule has 0 aliphatic rings. The van der Waals surface area contributed by atoms with Crippen LogP contribution in [0, 0.1) is 0 Å². The van der Waals surface area contributed by atoms with Crippen LogP contribution in [0.25, 0.3) is 0 Å². The predicted octanol–water partition coefficient (Wildman–Crippen LogP) is 3.85. The van der Waals surface area contributed by atoms with Crippen LogP contribution in [0.2, 0.25) is 0 Å². The summed E-state index contributed by atoms with van der Waals surface area (Å²) < 4.78 is 0. The van der Waals surface area contributed by atoms with Crippen molar-refractivity contribution in [1.82, 2.24) is 15.5 Å². The number of benzene rings is 2. The number of carbonyl (C=O) groups excluding carboxylic acids is 1. The molecule has 0 atom stereocenters. The highest BCUT2D eigenvalue weighted by Crippen LogP contribution is 2.15. The van der Waals surface area contributed by atoms with Gasteiger partial charge in [-0.2, -0.15) is 0 Å². The third kappa shape index (κ3) is 8.10. The highest BCUT2D eigenvalue weighted by molar-refractivity contribution is 14.0. The smallest absolute Gasteiger partial charge is 0.251 e. The van der Waals surface area contributed by atoms with Crippen molar-refractivity contribution in [3.8, 4) is 0 Å². The topological polar surface area (TPSA) is 56.7 Å². The van der Waals surface area contributed by atoms with Crippen molar-refractivity contribution in [2.45, 2.75) is 18.4 Å². The number of nitrogens with one attached hydrogen (secondary N) is 2. The maximum atomic E-state index is 12.1. The van der Waals surface area contributed by atoms with E-state index < -0.39 is 0 Å². The molecule has 0 unspecified atom stereocenters. The molecular weight excluding hydrogens is 483 g/mol. The highest BCUT2D eigenvalue weighted by Gasteiger charge is 2.07. The fourth-order valence-corrected chi connectivity index (χ4v) is 2.98. The molecule has 0 heterocycles. The zero-order valence-corrected chi connectivity index (χ0v) is 19.8. The van der Waals surface area contributed by atoms with Gasteiger partial charge >= 0.3 is 0 Å². The van der Waals surface area contributed by atoms with Crippen LogP contribution in [-0.4, -0.2) is 49.7 Å². The molecule has 152 valence electrons. The number of thioether (sulfide) groups is 1. The first-order valence-electron chi connectivity index (χ1n) is 9.09. The molecule has 0 fully saturated rings. The first kappa shape index (κ1) is 24.3. The quantitative estimate of drug-likeness (QED) is 0.186. The van der Waals surface area contributed by atoms with Crippen LogP contribution in [0.4, 0.5) is 0 Å². The van der Waals surface area contributed by atoms with Gasteiger partial charge in [-0.1, -0.05) is 30.3 Å². The second kappa shape index (κ2) is 13.4. The van der Waals surface area contributed by atoms with E-state index in [0.717, 1.165) is 19.0 Å². The summed E-state index contributed by atoms with van der Waals surface area (Å²) in [5.74, 6) is 0.762. The molecule has 0 spiro atoms. The van der Waals surface area contributed by atoms with Gasteiger partial charge in [0.15, 0.2) is 5.96 Å². The molecule has 2 aromatic rings. The molecule has 1 amide bonds. The van der Waals surface area contributed by atoms with Crippen LogP contribution in [0.5, 0.6) is 0 Å². The fourth-order valence-electron chi connectivity index (χ4n) is 2.57. The summed E-state index contributed by atoms with van der Waals surface area (Å²) in [6.07, 6.45) is 2.08. The largest absolute Gasteiger partial charge is 0.357 e. The van der Waals surface area contributed by atoms with E-state index in [1.165, 1.54) is 10.5 Å². The Morgan fingerprint density at radius 2 is 1.75 bits per heavy atom. The zero-order valence-electron chi connectivity index (χ0n) is 16.6. The second-order valence-corrected chi connectivity index (χ2v) is 6.94. The number of hydrogen-bond acceptors (Lipinski definition) is 3. The van der Waals surface area contributed by atoms with Gasteiger partial charge in [0.25, 0.3) is 5.91 Å². The lowest BCUT2D eigenvalue weighted by Crippen LogP contribution is -2.39. The summed E-state index contributed by atoms with van der Waals surface area (Å²) >= 11 is 1.74. The first-order valence-corrected chi connectivity index (χ1v) is 10.3. The summed E-state index contributed by atoms with van der Waals surface area (Å²) in [4.78, 5) is 20.0. The van der Waals surface area contributed by atoms with E-state index in [0.29, 0.717) is 18.7 Å². The van der Waals surface area contributed by atoms with Gasteiger partial charge < -0.3 is 15.5 Å². The Morgan fingerprint density at radius 3 is 2.36 bits per heavy atom.